The molecule has 0 aliphatic carbocycles. The van der Waals surface area contributed by atoms with Crippen molar-refractivity contribution in [3.8, 4) is 0 Å². The number of rotatable bonds is 3. The first-order valence-electron chi connectivity index (χ1n) is 4.54. The van der Waals surface area contributed by atoms with Crippen molar-refractivity contribution in [1.82, 2.24) is 0 Å². The Bertz CT molecular complexity index is 415. The zero-order valence-electron chi connectivity index (χ0n) is 8.77. The van der Waals surface area contributed by atoms with Gasteiger partial charge >= 0.3 is 35.5 Å². The molecule has 0 saturated carbocycles. The first-order valence-corrected chi connectivity index (χ1v) is 4.54. The van der Waals surface area contributed by atoms with Crippen molar-refractivity contribution in [3.63, 3.8) is 0 Å². The van der Waals surface area contributed by atoms with Gasteiger partial charge in [-0.25, -0.2) is 4.79 Å². The minimum atomic E-state index is -0.576. The van der Waals surface area contributed by atoms with Crippen LogP contribution in [0.4, 0.5) is 11.4 Å². The molecular weight excluding hydrogens is 231 g/mol. The number of nitrogen functional groups attached to an aromatic ring is 1. The Kier molecular flexibility index (Phi) is 7.29. The summed E-state index contributed by atoms with van der Waals surface area (Å²) in [4.78, 5) is 22.0. The number of ether oxygens (including phenoxy) is 1. The number of nitrogens with one attached hydrogen (secondary N) is 1. The van der Waals surface area contributed by atoms with Crippen LogP contribution in [0.1, 0.15) is 0 Å². The fourth-order valence-electron chi connectivity index (χ4n) is 0.962. The van der Waals surface area contributed by atoms with Crippen molar-refractivity contribution < 1.29 is 14.3 Å². The van der Waals surface area contributed by atoms with Crippen LogP contribution in [0.2, 0.25) is 0 Å². The predicted molar refractivity (Wildman–Crippen MR) is 67.8 cm³/mol. The Balaban J connectivity index is 0.00000256. The normalized spacial score (nSPS) is 9.47. The van der Waals surface area contributed by atoms with E-state index in [-0.39, 0.29) is 29.6 Å². The average Bonchev–Trinajstić information content (AvgIpc) is 2.29. The van der Waals surface area contributed by atoms with Crippen molar-refractivity contribution >= 4 is 52.8 Å². The number of hydrogen-bond acceptors (Lipinski definition) is 4. The molecule has 0 radical (unpaired) electrons. The molecule has 0 aliphatic rings. The van der Waals surface area contributed by atoms with Crippen LogP contribution in [0.3, 0.4) is 0 Å². The minimum absolute atomic E-state index is 0. The van der Waals surface area contributed by atoms with Crippen LogP contribution in [0.5, 0.6) is 0 Å². The van der Waals surface area contributed by atoms with Gasteiger partial charge in [0, 0.05) is 23.5 Å². The fourth-order valence-corrected chi connectivity index (χ4v) is 0.962. The van der Waals surface area contributed by atoms with Crippen LogP contribution in [0.25, 0.3) is 0 Å². The molecule has 17 heavy (non-hydrogen) atoms. The molecule has 0 bridgehead atoms. The first kappa shape index (κ1) is 15.7. The van der Waals surface area contributed by atoms with Crippen LogP contribution in [-0.4, -0.2) is 48.5 Å². The van der Waals surface area contributed by atoms with Gasteiger partial charge < -0.3 is 15.8 Å². The van der Waals surface area contributed by atoms with E-state index in [0.29, 0.717) is 11.4 Å². The van der Waals surface area contributed by atoms with Gasteiger partial charge in [0.05, 0.1) is 7.11 Å². The second-order valence-corrected chi connectivity index (χ2v) is 2.97. The number of carbonyl (C=O) groups is 2. The Morgan fingerprint density at radius 2 is 1.82 bits per heavy atom. The van der Waals surface area contributed by atoms with Gasteiger partial charge in [0.25, 0.3) is 0 Å². The molecule has 0 spiro atoms. The third-order valence-electron chi connectivity index (χ3n) is 1.75. The van der Waals surface area contributed by atoms with Gasteiger partial charge in [-0.15, -0.1) is 0 Å². The van der Waals surface area contributed by atoms with Gasteiger partial charge in [-0.3, -0.25) is 4.79 Å². The molecule has 0 fully saturated rings. The van der Waals surface area contributed by atoms with Crippen LogP contribution in [0, 0.1) is 0 Å². The van der Waals surface area contributed by atoms with E-state index in [0.717, 1.165) is 12.2 Å². The van der Waals surface area contributed by atoms with Crippen molar-refractivity contribution in [2.45, 2.75) is 0 Å². The van der Waals surface area contributed by atoms with Gasteiger partial charge in [-0.05, 0) is 24.3 Å². The Hall–Kier alpha value is -1.30. The van der Waals surface area contributed by atoms with E-state index in [9.17, 15) is 9.59 Å². The predicted octanol–water partition coefficient (Wildman–Crippen LogP) is 0.288. The van der Waals surface area contributed by atoms with E-state index < -0.39 is 11.9 Å². The molecular formula is C11H13N2NaO3. The Morgan fingerprint density at radius 3 is 2.35 bits per heavy atom. The van der Waals surface area contributed by atoms with E-state index in [2.05, 4.69) is 10.1 Å². The summed E-state index contributed by atoms with van der Waals surface area (Å²) >= 11 is 0. The molecule has 0 atom stereocenters. The molecule has 1 rings (SSSR count). The van der Waals surface area contributed by atoms with E-state index in [1.54, 1.807) is 24.3 Å². The number of carbonyl (C=O) groups excluding carboxylic acids is 2. The Labute approximate surface area is 121 Å². The van der Waals surface area contributed by atoms with Crippen LogP contribution < -0.4 is 11.1 Å². The van der Waals surface area contributed by atoms with Crippen molar-refractivity contribution in [1.29, 1.82) is 0 Å². The molecule has 0 aromatic heterocycles. The van der Waals surface area contributed by atoms with Gasteiger partial charge in [-0.1, -0.05) is 0 Å². The molecule has 0 heterocycles. The van der Waals surface area contributed by atoms with Crippen molar-refractivity contribution in [2.75, 3.05) is 18.2 Å². The summed E-state index contributed by atoms with van der Waals surface area (Å²) in [5, 5.41) is 2.56. The zero-order valence-corrected chi connectivity index (χ0v) is 8.77. The SMILES string of the molecule is COC(=O)/C=C\C(=O)Nc1ccc(N)cc1.[NaH]. The molecule has 6 heteroatoms. The second-order valence-electron chi connectivity index (χ2n) is 2.97. The Morgan fingerprint density at radius 1 is 1.24 bits per heavy atom. The third-order valence-corrected chi connectivity index (χ3v) is 1.75. The van der Waals surface area contributed by atoms with E-state index in [4.69, 9.17) is 5.73 Å². The first-order chi connectivity index (χ1) is 7.61. The molecule has 5 nitrogen and oxygen atoms in total. The van der Waals surface area contributed by atoms with Gasteiger partial charge in [0.2, 0.25) is 5.91 Å². The van der Waals surface area contributed by atoms with Crippen LogP contribution in [-0.2, 0) is 14.3 Å². The number of amides is 1. The maximum atomic E-state index is 11.3. The third kappa shape index (κ3) is 6.11. The summed E-state index contributed by atoms with van der Waals surface area (Å²) in [5.74, 6) is -0.984. The number of esters is 1. The number of methoxy groups -OCH3 is 1. The van der Waals surface area contributed by atoms with E-state index in [1.165, 1.54) is 7.11 Å². The van der Waals surface area contributed by atoms with Gasteiger partial charge in [0.1, 0.15) is 0 Å². The van der Waals surface area contributed by atoms with Crippen LogP contribution in [0.15, 0.2) is 36.4 Å². The summed E-state index contributed by atoms with van der Waals surface area (Å²) in [6.07, 6.45) is 2.15. The average molecular weight is 244 g/mol. The molecule has 0 aliphatic heterocycles. The maximum absolute atomic E-state index is 11.3. The second kappa shape index (κ2) is 7.89. The monoisotopic (exact) mass is 244 g/mol. The van der Waals surface area contributed by atoms with E-state index >= 15 is 0 Å². The summed E-state index contributed by atoms with van der Waals surface area (Å²) in [5.41, 5.74) is 6.71. The molecule has 86 valence electrons. The number of nitrogens with two attached hydrogens (primary N) is 1. The summed E-state index contributed by atoms with van der Waals surface area (Å²) in [6.45, 7) is 0. The molecule has 1 aromatic rings. The molecule has 0 saturated heterocycles. The molecule has 1 amide bonds. The summed E-state index contributed by atoms with van der Waals surface area (Å²) in [7, 11) is 1.24. The molecule has 1 aromatic carbocycles. The fraction of sp³-hybridized carbons (Fsp3) is 0.0909. The van der Waals surface area contributed by atoms with Crippen molar-refractivity contribution in [2.24, 2.45) is 0 Å². The van der Waals surface area contributed by atoms with Gasteiger partial charge in [0.15, 0.2) is 0 Å². The summed E-state index contributed by atoms with van der Waals surface area (Å²) in [6, 6.07) is 6.66. The number of benzene rings is 1. The summed E-state index contributed by atoms with van der Waals surface area (Å²) < 4.78 is 4.34. The topological polar surface area (TPSA) is 81.4 Å². The number of anilines is 2. The van der Waals surface area contributed by atoms with Gasteiger partial charge in [-0.2, -0.15) is 0 Å². The van der Waals surface area contributed by atoms with E-state index in [1.807, 2.05) is 0 Å². The van der Waals surface area contributed by atoms with Crippen LogP contribution >= 0.6 is 0 Å². The quantitative estimate of drug-likeness (QED) is 0.346. The van der Waals surface area contributed by atoms with Crippen molar-refractivity contribution in [3.05, 3.63) is 36.4 Å². The molecule has 0 unspecified atom stereocenters. The number of hydrogen-bond donors (Lipinski definition) is 2. The molecule has 3 N–H and O–H groups in total. The zero-order chi connectivity index (χ0) is 12.0. The standard InChI is InChI=1S/C11H12N2O3.Na.H/c1-16-11(15)7-6-10(14)13-9-4-2-8(12)3-5-9;;/h2-7H,12H2,1H3,(H,13,14);;/b7-6-;;.